The standard InChI is InChI=1S/C47H34N6/c1-4-13-29(14-5-1)41-48-42(30-15-6-2-7-16-30)51-45(50-41)38-23-11-22-37-36(38)21-12-24-39(37)46-52-43(31-17-8-3-9-18-31)49-44(53-46)32-19-10-20-35(26-32)47-27-33-25-34(28-47)40(33)47/h1-24,26,33-34,40H,25,27-28H2. The van der Waals surface area contributed by atoms with Crippen LogP contribution in [0.4, 0.5) is 0 Å². The fourth-order valence-corrected chi connectivity index (χ4v) is 9.53. The summed E-state index contributed by atoms with van der Waals surface area (Å²) in [6.07, 6.45) is 4.09. The summed E-state index contributed by atoms with van der Waals surface area (Å²) in [6.45, 7) is 0. The predicted molar refractivity (Wildman–Crippen MR) is 209 cm³/mol. The van der Waals surface area contributed by atoms with E-state index in [2.05, 4.69) is 72.8 Å². The van der Waals surface area contributed by atoms with Crippen LogP contribution in [0.15, 0.2) is 152 Å². The van der Waals surface area contributed by atoms with Crippen molar-refractivity contribution < 1.29 is 0 Å². The summed E-state index contributed by atoms with van der Waals surface area (Å²) in [5.74, 6) is 6.62. The number of rotatable bonds is 7. The summed E-state index contributed by atoms with van der Waals surface area (Å²) in [7, 11) is 0. The van der Waals surface area contributed by atoms with Crippen LogP contribution >= 0.6 is 0 Å². The van der Waals surface area contributed by atoms with E-state index in [9.17, 15) is 0 Å². The van der Waals surface area contributed by atoms with Gasteiger partial charge in [0.15, 0.2) is 34.9 Å². The monoisotopic (exact) mass is 682 g/mol. The SMILES string of the molecule is c1ccc(-c2nc(-c3ccccc3)nc(-c3cccc4c(-c5nc(-c6ccccc6)nc(-c6cccc(C78CC9CC(C7)C98)c6)n5)cccc34)n2)cc1. The molecule has 2 atom stereocenters. The highest BCUT2D eigenvalue weighted by molar-refractivity contribution is 6.03. The molecule has 2 aromatic heterocycles. The zero-order chi connectivity index (χ0) is 34.9. The maximum Gasteiger partial charge on any atom is 0.164 e. The third kappa shape index (κ3) is 4.86. The molecule has 8 aromatic rings. The van der Waals surface area contributed by atoms with Gasteiger partial charge in [0.2, 0.25) is 0 Å². The van der Waals surface area contributed by atoms with E-state index in [1.54, 1.807) is 0 Å². The van der Waals surface area contributed by atoms with Crippen LogP contribution in [0.5, 0.6) is 0 Å². The van der Waals surface area contributed by atoms with Gasteiger partial charge in [0.05, 0.1) is 0 Å². The number of fused-ring (bicyclic) bond motifs is 1. The average molecular weight is 683 g/mol. The van der Waals surface area contributed by atoms with Crippen LogP contribution in [0.3, 0.4) is 0 Å². The molecule has 6 nitrogen and oxygen atoms in total. The summed E-state index contributed by atoms with van der Waals surface area (Å²) in [6, 6.07) is 52.0. The van der Waals surface area contributed by atoms with E-state index in [4.69, 9.17) is 29.9 Å². The molecule has 6 aromatic carbocycles. The summed E-state index contributed by atoms with van der Waals surface area (Å²) >= 11 is 0. The van der Waals surface area contributed by atoms with Gasteiger partial charge in [-0.25, -0.2) is 29.9 Å². The van der Waals surface area contributed by atoms with E-state index in [1.807, 2.05) is 78.9 Å². The molecule has 3 saturated carbocycles. The van der Waals surface area contributed by atoms with Crippen LogP contribution in [0.1, 0.15) is 24.8 Å². The van der Waals surface area contributed by atoms with Crippen LogP contribution in [0.25, 0.3) is 79.1 Å². The van der Waals surface area contributed by atoms with Gasteiger partial charge in [-0.3, -0.25) is 0 Å². The van der Waals surface area contributed by atoms with Crippen molar-refractivity contribution in [1.82, 2.24) is 29.9 Å². The molecule has 3 aliphatic carbocycles. The first-order valence-corrected chi connectivity index (χ1v) is 18.5. The molecule has 0 aliphatic heterocycles. The van der Waals surface area contributed by atoms with Gasteiger partial charge in [-0.1, -0.05) is 146 Å². The largest absolute Gasteiger partial charge is 0.208 e. The van der Waals surface area contributed by atoms with Crippen molar-refractivity contribution >= 4 is 10.8 Å². The molecular weight excluding hydrogens is 649 g/mol. The molecule has 0 saturated heterocycles. The molecule has 0 spiro atoms. The van der Waals surface area contributed by atoms with E-state index >= 15 is 0 Å². The van der Waals surface area contributed by atoms with Crippen LogP contribution in [-0.4, -0.2) is 29.9 Å². The molecule has 0 N–H and O–H groups in total. The molecule has 252 valence electrons. The van der Waals surface area contributed by atoms with Crippen molar-refractivity contribution in [3.8, 4) is 68.3 Å². The predicted octanol–water partition coefficient (Wildman–Crippen LogP) is 10.5. The van der Waals surface area contributed by atoms with E-state index in [-0.39, 0.29) is 0 Å². The molecule has 0 bridgehead atoms. The Hall–Kier alpha value is -6.40. The first kappa shape index (κ1) is 30.2. The Kier molecular flexibility index (Phi) is 6.75. The lowest BCUT2D eigenvalue weighted by Crippen LogP contribution is -2.71. The molecule has 11 rings (SSSR count). The normalized spacial score (nSPS) is 20.9. The first-order valence-electron chi connectivity index (χ1n) is 18.5. The van der Waals surface area contributed by atoms with E-state index < -0.39 is 0 Å². The van der Waals surface area contributed by atoms with Crippen molar-refractivity contribution in [2.24, 2.45) is 17.8 Å². The van der Waals surface area contributed by atoms with Crippen LogP contribution in [0.2, 0.25) is 0 Å². The lowest BCUT2D eigenvalue weighted by atomic mass is 9.28. The maximum absolute atomic E-state index is 5.22. The van der Waals surface area contributed by atoms with Crippen molar-refractivity contribution in [3.05, 3.63) is 157 Å². The van der Waals surface area contributed by atoms with Crippen molar-refractivity contribution in [2.75, 3.05) is 0 Å². The maximum atomic E-state index is 5.22. The Bertz CT molecular complexity index is 2610. The summed E-state index contributed by atoms with van der Waals surface area (Å²) < 4.78 is 0. The number of nitrogens with zero attached hydrogens (tertiary/aromatic N) is 6. The number of hydrogen-bond acceptors (Lipinski definition) is 6. The van der Waals surface area contributed by atoms with Crippen LogP contribution < -0.4 is 0 Å². The van der Waals surface area contributed by atoms with E-state index in [1.165, 1.54) is 24.8 Å². The molecule has 6 heteroatoms. The fourth-order valence-electron chi connectivity index (χ4n) is 9.53. The second-order valence-electron chi connectivity index (χ2n) is 14.8. The third-order valence-electron chi connectivity index (χ3n) is 12.0. The third-order valence-corrected chi connectivity index (χ3v) is 12.0. The number of benzene rings is 6. The quantitative estimate of drug-likeness (QED) is 0.167. The molecule has 0 amide bonds. The molecule has 53 heavy (non-hydrogen) atoms. The molecular formula is C47H34N6. The molecule has 0 radical (unpaired) electrons. The lowest BCUT2D eigenvalue weighted by Gasteiger charge is -2.76. The average Bonchev–Trinajstić information content (AvgIpc) is 3.23. The molecule has 3 fully saturated rings. The second-order valence-corrected chi connectivity index (χ2v) is 14.8. The Morgan fingerprint density at radius 3 is 1.21 bits per heavy atom. The van der Waals surface area contributed by atoms with Crippen molar-refractivity contribution in [1.29, 1.82) is 0 Å². The number of hydrogen-bond donors (Lipinski definition) is 0. The summed E-state index contributed by atoms with van der Waals surface area (Å²) in [5, 5.41) is 2.03. The minimum Gasteiger partial charge on any atom is -0.208 e. The minimum absolute atomic E-state index is 0.365. The summed E-state index contributed by atoms with van der Waals surface area (Å²) in [4.78, 5) is 30.5. The highest BCUT2D eigenvalue weighted by Gasteiger charge is 2.71. The van der Waals surface area contributed by atoms with Gasteiger partial charge in [-0.05, 0) is 64.8 Å². The van der Waals surface area contributed by atoms with Crippen LogP contribution in [0, 0.1) is 17.8 Å². The first-order chi connectivity index (χ1) is 26.2. The molecule has 3 aliphatic rings. The zero-order valence-corrected chi connectivity index (χ0v) is 29.0. The number of aromatic nitrogens is 6. The van der Waals surface area contributed by atoms with Crippen molar-refractivity contribution in [2.45, 2.75) is 24.7 Å². The topological polar surface area (TPSA) is 77.3 Å². The highest BCUT2D eigenvalue weighted by atomic mass is 15.0. The van der Waals surface area contributed by atoms with Crippen LogP contribution in [-0.2, 0) is 5.41 Å². The fraction of sp³-hybridized carbons (Fsp3) is 0.149. The van der Waals surface area contributed by atoms with E-state index in [0.717, 1.165) is 61.9 Å². The van der Waals surface area contributed by atoms with Crippen molar-refractivity contribution in [3.63, 3.8) is 0 Å². The van der Waals surface area contributed by atoms with Gasteiger partial charge in [-0.15, -0.1) is 0 Å². The summed E-state index contributed by atoms with van der Waals surface area (Å²) in [5.41, 5.74) is 7.53. The minimum atomic E-state index is 0.365. The van der Waals surface area contributed by atoms with Gasteiger partial charge < -0.3 is 0 Å². The highest BCUT2D eigenvalue weighted by Crippen LogP contribution is 2.77. The molecule has 2 unspecified atom stereocenters. The van der Waals surface area contributed by atoms with Gasteiger partial charge in [0.1, 0.15) is 0 Å². The lowest BCUT2D eigenvalue weighted by molar-refractivity contribution is -0.219. The van der Waals surface area contributed by atoms with Gasteiger partial charge in [0.25, 0.3) is 0 Å². The Morgan fingerprint density at radius 2 is 0.774 bits per heavy atom. The Morgan fingerprint density at radius 1 is 0.377 bits per heavy atom. The van der Waals surface area contributed by atoms with Gasteiger partial charge >= 0.3 is 0 Å². The van der Waals surface area contributed by atoms with Gasteiger partial charge in [0, 0.05) is 33.4 Å². The second kappa shape index (κ2) is 11.8. The zero-order valence-electron chi connectivity index (χ0n) is 29.0. The smallest absolute Gasteiger partial charge is 0.164 e. The molecule has 2 heterocycles. The Labute approximate surface area is 307 Å². The Balaban J connectivity index is 1.06. The van der Waals surface area contributed by atoms with E-state index in [0.29, 0.717) is 40.4 Å². The van der Waals surface area contributed by atoms with Gasteiger partial charge in [-0.2, -0.15) is 0 Å².